The number of aromatic nitrogens is 1. The maximum atomic E-state index is 8.59. The van der Waals surface area contributed by atoms with Crippen molar-refractivity contribution in [3.05, 3.63) is 66.0 Å². The highest BCUT2D eigenvalue weighted by molar-refractivity contribution is 8.93. The Morgan fingerprint density at radius 3 is 2.41 bits per heavy atom. The molecule has 1 aromatic heterocycles. The molecule has 1 unspecified atom stereocenters. The minimum absolute atomic E-state index is 0. The Morgan fingerprint density at radius 1 is 0.955 bits per heavy atom. The van der Waals surface area contributed by atoms with Crippen molar-refractivity contribution < 1.29 is 0 Å². The highest BCUT2D eigenvalue weighted by Gasteiger charge is 2.13. The van der Waals surface area contributed by atoms with E-state index in [0.717, 1.165) is 32.1 Å². The number of nitrogens with zero attached hydrogens (tertiary/aromatic N) is 2. The van der Waals surface area contributed by atoms with Crippen molar-refractivity contribution >= 4 is 17.0 Å². The number of hydrogen-bond donors (Lipinski definition) is 0. The number of unbranched alkanes of at least 4 members (excludes halogenated alkanes) is 3. The summed E-state index contributed by atoms with van der Waals surface area (Å²) in [5, 5.41) is 8.59. The van der Waals surface area contributed by atoms with E-state index in [1.165, 1.54) is 11.3 Å². The fourth-order valence-electron chi connectivity index (χ4n) is 2.64. The molecule has 0 radical (unpaired) electrons. The smallest absolute Gasteiger partial charge is 0.0621 e. The minimum atomic E-state index is 0. The third-order valence-corrected chi connectivity index (χ3v) is 3.77. The topological polar surface area (TPSA) is 36.7 Å². The first-order valence-corrected chi connectivity index (χ1v) is 7.72. The molecule has 0 N–H and O–H groups in total. The van der Waals surface area contributed by atoms with Gasteiger partial charge in [-0.05, 0) is 37.0 Å². The van der Waals surface area contributed by atoms with Crippen molar-refractivity contribution in [2.24, 2.45) is 0 Å². The second-order valence-corrected chi connectivity index (χ2v) is 5.40. The summed E-state index contributed by atoms with van der Waals surface area (Å²) in [5.41, 5.74) is 2.55. The predicted octanol–water partition coefficient (Wildman–Crippen LogP) is 5.46. The highest BCUT2D eigenvalue weighted by atomic mass is 79.9. The fraction of sp³-hybridized carbons (Fsp3) is 0.368. The average molecular weight is 359 g/mol. The van der Waals surface area contributed by atoms with Crippen LogP contribution in [0.5, 0.6) is 0 Å². The van der Waals surface area contributed by atoms with Crippen LogP contribution in [0.2, 0.25) is 0 Å². The van der Waals surface area contributed by atoms with Gasteiger partial charge in [0.05, 0.1) is 6.07 Å². The van der Waals surface area contributed by atoms with E-state index in [9.17, 15) is 0 Å². The van der Waals surface area contributed by atoms with E-state index >= 15 is 0 Å². The molecule has 0 aliphatic rings. The quantitative estimate of drug-likeness (QED) is 0.587. The van der Waals surface area contributed by atoms with Crippen LogP contribution in [0.4, 0.5) is 0 Å². The normalized spacial score (nSPS) is 11.2. The van der Waals surface area contributed by atoms with Gasteiger partial charge in [0.1, 0.15) is 0 Å². The van der Waals surface area contributed by atoms with Crippen LogP contribution in [0.25, 0.3) is 0 Å². The van der Waals surface area contributed by atoms with Crippen LogP contribution in [0.15, 0.2) is 54.7 Å². The Bertz CT molecular complexity index is 549. The second-order valence-electron chi connectivity index (χ2n) is 5.40. The van der Waals surface area contributed by atoms with Crippen LogP contribution >= 0.6 is 17.0 Å². The van der Waals surface area contributed by atoms with Crippen LogP contribution in [0.1, 0.15) is 49.3 Å². The summed E-state index contributed by atoms with van der Waals surface area (Å²) in [5.74, 6) is 0.468. The molecule has 3 heteroatoms. The van der Waals surface area contributed by atoms with Crippen molar-refractivity contribution in [2.75, 3.05) is 0 Å². The third-order valence-electron chi connectivity index (χ3n) is 3.77. The summed E-state index contributed by atoms with van der Waals surface area (Å²) in [6, 6.07) is 19.0. The molecular weight excluding hydrogens is 336 g/mol. The summed E-state index contributed by atoms with van der Waals surface area (Å²) in [6.45, 7) is 0. The Hall–Kier alpha value is -1.66. The number of rotatable bonds is 8. The molecule has 0 saturated heterocycles. The van der Waals surface area contributed by atoms with Crippen molar-refractivity contribution in [3.63, 3.8) is 0 Å². The molecule has 0 bridgehead atoms. The van der Waals surface area contributed by atoms with E-state index in [1.54, 1.807) is 0 Å². The molecule has 2 nitrogen and oxygen atoms in total. The van der Waals surface area contributed by atoms with E-state index in [1.807, 2.05) is 12.3 Å². The number of benzene rings is 1. The van der Waals surface area contributed by atoms with E-state index in [4.69, 9.17) is 5.26 Å². The molecule has 0 saturated carbocycles. The van der Waals surface area contributed by atoms with Crippen molar-refractivity contribution in [1.29, 1.82) is 5.26 Å². The van der Waals surface area contributed by atoms with Crippen molar-refractivity contribution in [2.45, 2.75) is 44.4 Å². The first kappa shape index (κ1) is 18.4. The van der Waals surface area contributed by atoms with Gasteiger partial charge in [-0.3, -0.25) is 4.98 Å². The van der Waals surface area contributed by atoms with Gasteiger partial charge < -0.3 is 0 Å². The molecule has 22 heavy (non-hydrogen) atoms. The Morgan fingerprint density at radius 2 is 1.73 bits per heavy atom. The van der Waals surface area contributed by atoms with Gasteiger partial charge in [-0.25, -0.2) is 0 Å². The molecule has 0 fully saturated rings. The Labute approximate surface area is 144 Å². The molecule has 116 valence electrons. The lowest BCUT2D eigenvalue weighted by atomic mass is 9.90. The summed E-state index contributed by atoms with van der Waals surface area (Å²) >= 11 is 0. The minimum Gasteiger partial charge on any atom is -0.261 e. The molecule has 1 atom stereocenters. The van der Waals surface area contributed by atoms with Gasteiger partial charge in [0, 0.05) is 24.2 Å². The SMILES string of the molecule is Br.N#CCCCCCC(Cc1ccccc1)c1ccccn1. The third kappa shape index (κ3) is 6.41. The molecule has 2 aromatic rings. The largest absolute Gasteiger partial charge is 0.261 e. The van der Waals surface area contributed by atoms with E-state index in [0.29, 0.717) is 12.3 Å². The summed E-state index contributed by atoms with van der Waals surface area (Å²) in [6.07, 6.45) is 8.03. The monoisotopic (exact) mass is 358 g/mol. The fourth-order valence-corrected chi connectivity index (χ4v) is 2.64. The van der Waals surface area contributed by atoms with Gasteiger partial charge in [-0.1, -0.05) is 49.2 Å². The predicted molar refractivity (Wildman–Crippen MR) is 96.1 cm³/mol. The molecule has 1 heterocycles. The average Bonchev–Trinajstić information content (AvgIpc) is 2.55. The summed E-state index contributed by atoms with van der Waals surface area (Å²) in [4.78, 5) is 4.54. The second kappa shape index (κ2) is 11.0. The zero-order valence-corrected chi connectivity index (χ0v) is 14.5. The van der Waals surface area contributed by atoms with Gasteiger partial charge >= 0.3 is 0 Å². The lowest BCUT2D eigenvalue weighted by molar-refractivity contribution is 0.547. The van der Waals surface area contributed by atoms with E-state index in [-0.39, 0.29) is 17.0 Å². The van der Waals surface area contributed by atoms with Crippen LogP contribution in [0, 0.1) is 11.3 Å². The summed E-state index contributed by atoms with van der Waals surface area (Å²) in [7, 11) is 0. The van der Waals surface area contributed by atoms with E-state index < -0.39 is 0 Å². The van der Waals surface area contributed by atoms with Gasteiger partial charge in [0.25, 0.3) is 0 Å². The highest BCUT2D eigenvalue weighted by Crippen LogP contribution is 2.25. The molecule has 0 spiro atoms. The van der Waals surface area contributed by atoms with Gasteiger partial charge in [0.15, 0.2) is 0 Å². The van der Waals surface area contributed by atoms with E-state index in [2.05, 4.69) is 53.5 Å². The maximum absolute atomic E-state index is 8.59. The summed E-state index contributed by atoms with van der Waals surface area (Å²) < 4.78 is 0. The molecule has 0 amide bonds. The molecule has 2 rings (SSSR count). The first-order valence-electron chi connectivity index (χ1n) is 7.72. The van der Waals surface area contributed by atoms with Crippen LogP contribution in [-0.4, -0.2) is 4.98 Å². The number of hydrogen-bond acceptors (Lipinski definition) is 2. The molecule has 1 aromatic carbocycles. The molecule has 0 aliphatic heterocycles. The molecule has 0 aliphatic carbocycles. The standard InChI is InChI=1S/C19H22N2.BrH/c20-14-8-2-1-6-12-18(19-13-7-9-15-21-19)16-17-10-4-3-5-11-17;/h3-5,7,9-11,13,15,18H,1-2,6,8,12,16H2;1H. The van der Waals surface area contributed by atoms with Gasteiger partial charge in [0.2, 0.25) is 0 Å². The number of nitriles is 1. The van der Waals surface area contributed by atoms with Crippen LogP contribution in [-0.2, 0) is 6.42 Å². The van der Waals surface area contributed by atoms with Crippen LogP contribution < -0.4 is 0 Å². The van der Waals surface area contributed by atoms with Crippen molar-refractivity contribution in [3.8, 4) is 6.07 Å². The zero-order valence-electron chi connectivity index (χ0n) is 12.8. The number of halogens is 1. The maximum Gasteiger partial charge on any atom is 0.0621 e. The van der Waals surface area contributed by atoms with Gasteiger partial charge in [-0.2, -0.15) is 5.26 Å². The van der Waals surface area contributed by atoms with Crippen molar-refractivity contribution in [1.82, 2.24) is 4.98 Å². The van der Waals surface area contributed by atoms with Crippen LogP contribution in [0.3, 0.4) is 0 Å². The Balaban J connectivity index is 0.00000242. The van der Waals surface area contributed by atoms with Gasteiger partial charge in [-0.15, -0.1) is 17.0 Å². The lowest BCUT2D eigenvalue weighted by Crippen LogP contribution is -2.05. The zero-order chi connectivity index (χ0) is 14.8. The molecular formula is C19H23BrN2. The Kier molecular flexibility index (Phi) is 9.18. The lowest BCUT2D eigenvalue weighted by Gasteiger charge is -2.16. The first-order chi connectivity index (χ1) is 10.4. The number of pyridine rings is 1.